The molecule has 1 aliphatic rings. The van der Waals surface area contributed by atoms with Gasteiger partial charge in [-0.2, -0.15) is 0 Å². The Kier molecular flexibility index (Phi) is 2.22. The van der Waals surface area contributed by atoms with Crippen LogP contribution in [0.4, 0.5) is 0 Å². The second-order valence-electron chi connectivity index (χ2n) is 3.24. The van der Waals surface area contributed by atoms with Crippen molar-refractivity contribution >= 4 is 11.6 Å². The van der Waals surface area contributed by atoms with Crippen LogP contribution in [0.3, 0.4) is 0 Å². The van der Waals surface area contributed by atoms with Crippen LogP contribution in [0.15, 0.2) is 12.2 Å². The molecule has 0 aromatic carbocycles. The van der Waals surface area contributed by atoms with Crippen LogP contribution < -0.4 is 0 Å². The quantitative estimate of drug-likeness (QED) is 0.444. The second-order valence-corrected chi connectivity index (χ2v) is 3.24. The maximum Gasteiger partial charge on any atom is 0.144 e. The molecular formula is C9H12O2. The van der Waals surface area contributed by atoms with Gasteiger partial charge in [0.15, 0.2) is 0 Å². The molecule has 0 spiro atoms. The number of carbonyl (C=O) groups is 2. The molecule has 11 heavy (non-hydrogen) atoms. The number of rotatable bonds is 2. The molecule has 60 valence electrons. The number of allylic oxidation sites excluding steroid dienone is 1. The molecule has 0 bridgehead atoms. The predicted molar refractivity (Wildman–Crippen MR) is 42.2 cm³/mol. The van der Waals surface area contributed by atoms with E-state index in [4.69, 9.17) is 0 Å². The van der Waals surface area contributed by atoms with Crippen molar-refractivity contribution in [3.05, 3.63) is 12.2 Å². The fourth-order valence-electron chi connectivity index (χ4n) is 1.41. The van der Waals surface area contributed by atoms with Crippen LogP contribution in [-0.4, -0.2) is 11.6 Å². The Balaban J connectivity index is 2.53. The van der Waals surface area contributed by atoms with E-state index < -0.39 is 0 Å². The lowest BCUT2D eigenvalue weighted by molar-refractivity contribution is -0.122. The Morgan fingerprint density at radius 3 is 2.64 bits per heavy atom. The smallest absolute Gasteiger partial charge is 0.144 e. The van der Waals surface area contributed by atoms with Crippen LogP contribution in [0, 0.1) is 5.92 Å². The molecule has 0 N–H and O–H groups in total. The van der Waals surface area contributed by atoms with Crippen LogP contribution in [0.5, 0.6) is 0 Å². The third-order valence-electron chi connectivity index (χ3n) is 1.90. The number of Topliss-reactive ketones (excluding diaryl/α,β-unsaturated/α-hetero) is 2. The number of hydrogen-bond donors (Lipinski definition) is 0. The Morgan fingerprint density at radius 2 is 2.27 bits per heavy atom. The summed E-state index contributed by atoms with van der Waals surface area (Å²) in [5.41, 5.74) is 0.984. The van der Waals surface area contributed by atoms with E-state index in [1.54, 1.807) is 0 Å². The average Bonchev–Trinajstić information content (AvgIpc) is 2.09. The highest BCUT2D eigenvalue weighted by molar-refractivity contribution is 6.07. The van der Waals surface area contributed by atoms with Gasteiger partial charge in [0, 0.05) is 12.3 Å². The molecule has 0 saturated heterocycles. The minimum Gasteiger partial charge on any atom is -0.299 e. The molecule has 0 amide bonds. The highest BCUT2D eigenvalue weighted by Gasteiger charge is 2.30. The van der Waals surface area contributed by atoms with E-state index in [-0.39, 0.29) is 23.9 Å². The van der Waals surface area contributed by atoms with Gasteiger partial charge < -0.3 is 0 Å². The molecule has 2 nitrogen and oxygen atoms in total. The molecule has 1 fully saturated rings. The summed E-state index contributed by atoms with van der Waals surface area (Å²) in [7, 11) is 0. The summed E-state index contributed by atoms with van der Waals surface area (Å²) in [6.45, 7) is 5.60. The van der Waals surface area contributed by atoms with Crippen LogP contribution in [0.1, 0.15) is 26.2 Å². The largest absolute Gasteiger partial charge is 0.299 e. The first-order valence-electron chi connectivity index (χ1n) is 3.78. The molecule has 1 atom stereocenters. The van der Waals surface area contributed by atoms with Gasteiger partial charge in [0.1, 0.15) is 11.6 Å². The summed E-state index contributed by atoms with van der Waals surface area (Å²) < 4.78 is 0. The van der Waals surface area contributed by atoms with Gasteiger partial charge in [-0.1, -0.05) is 5.57 Å². The molecule has 0 heterocycles. The first-order chi connectivity index (χ1) is 5.09. The van der Waals surface area contributed by atoms with Gasteiger partial charge in [0.05, 0.1) is 6.42 Å². The molecule has 0 aliphatic heterocycles. The van der Waals surface area contributed by atoms with Crippen molar-refractivity contribution in [3.63, 3.8) is 0 Å². The van der Waals surface area contributed by atoms with Gasteiger partial charge in [-0.3, -0.25) is 9.59 Å². The standard InChI is InChI=1S/C9H12O2/c1-6(2)3-7-4-8(10)5-9(7)11/h7H,1,3-5H2,2H3. The maximum atomic E-state index is 11.1. The van der Waals surface area contributed by atoms with Gasteiger partial charge in [0.25, 0.3) is 0 Å². The van der Waals surface area contributed by atoms with Gasteiger partial charge in [-0.15, -0.1) is 6.58 Å². The molecule has 1 saturated carbocycles. The summed E-state index contributed by atoms with van der Waals surface area (Å²) in [5.74, 6) is 0.124. The van der Waals surface area contributed by atoms with E-state index in [2.05, 4.69) is 6.58 Å². The lowest BCUT2D eigenvalue weighted by atomic mass is 9.99. The molecule has 1 unspecified atom stereocenters. The number of hydrogen-bond acceptors (Lipinski definition) is 2. The first-order valence-corrected chi connectivity index (χ1v) is 3.78. The van der Waals surface area contributed by atoms with Crippen LogP contribution >= 0.6 is 0 Å². The van der Waals surface area contributed by atoms with Crippen molar-refractivity contribution in [3.8, 4) is 0 Å². The summed E-state index contributed by atoms with van der Waals surface area (Å²) in [6, 6.07) is 0. The van der Waals surface area contributed by atoms with E-state index in [9.17, 15) is 9.59 Å². The van der Waals surface area contributed by atoms with Gasteiger partial charge in [-0.25, -0.2) is 0 Å². The van der Waals surface area contributed by atoms with Crippen molar-refractivity contribution in [2.45, 2.75) is 26.2 Å². The Labute approximate surface area is 66.3 Å². The van der Waals surface area contributed by atoms with Crippen molar-refractivity contribution in [1.29, 1.82) is 0 Å². The summed E-state index contributed by atoms with van der Waals surface area (Å²) in [6.07, 6.45) is 1.27. The van der Waals surface area contributed by atoms with Crippen molar-refractivity contribution in [1.82, 2.24) is 0 Å². The minimum atomic E-state index is -0.0556. The maximum absolute atomic E-state index is 11.1. The monoisotopic (exact) mass is 152 g/mol. The van der Waals surface area contributed by atoms with Crippen molar-refractivity contribution in [2.75, 3.05) is 0 Å². The highest BCUT2D eigenvalue weighted by atomic mass is 16.2. The normalized spacial score (nSPS) is 24.3. The Morgan fingerprint density at radius 1 is 1.64 bits per heavy atom. The number of ketones is 2. The van der Waals surface area contributed by atoms with Crippen molar-refractivity contribution < 1.29 is 9.59 Å². The Hall–Kier alpha value is -0.920. The minimum absolute atomic E-state index is 0.0556. The molecule has 2 heteroatoms. The summed E-state index contributed by atoms with van der Waals surface area (Å²) in [5, 5.41) is 0. The lowest BCUT2D eigenvalue weighted by Gasteiger charge is -2.04. The predicted octanol–water partition coefficient (Wildman–Crippen LogP) is 1.50. The SMILES string of the molecule is C=C(C)CC1CC(=O)CC1=O. The van der Waals surface area contributed by atoms with Crippen molar-refractivity contribution in [2.24, 2.45) is 5.92 Å². The Bertz CT molecular complexity index is 216. The van der Waals surface area contributed by atoms with Gasteiger partial charge in [0.2, 0.25) is 0 Å². The fourth-order valence-corrected chi connectivity index (χ4v) is 1.41. The van der Waals surface area contributed by atoms with E-state index in [1.165, 1.54) is 0 Å². The molecule has 0 radical (unpaired) electrons. The van der Waals surface area contributed by atoms with Gasteiger partial charge >= 0.3 is 0 Å². The van der Waals surface area contributed by atoms with E-state index in [1.807, 2.05) is 6.92 Å². The van der Waals surface area contributed by atoms with E-state index in [0.717, 1.165) is 5.57 Å². The zero-order valence-corrected chi connectivity index (χ0v) is 6.72. The third kappa shape index (κ3) is 2.00. The zero-order valence-electron chi connectivity index (χ0n) is 6.72. The number of carbonyl (C=O) groups excluding carboxylic acids is 2. The fraction of sp³-hybridized carbons (Fsp3) is 0.556. The summed E-state index contributed by atoms with van der Waals surface area (Å²) >= 11 is 0. The van der Waals surface area contributed by atoms with E-state index in [0.29, 0.717) is 12.8 Å². The molecule has 1 rings (SSSR count). The van der Waals surface area contributed by atoms with Crippen LogP contribution in [-0.2, 0) is 9.59 Å². The molecule has 0 aromatic rings. The first kappa shape index (κ1) is 8.18. The topological polar surface area (TPSA) is 34.1 Å². The second kappa shape index (κ2) is 2.99. The summed E-state index contributed by atoms with van der Waals surface area (Å²) in [4.78, 5) is 21.9. The highest BCUT2D eigenvalue weighted by Crippen LogP contribution is 2.23. The molecule has 0 aromatic heterocycles. The van der Waals surface area contributed by atoms with E-state index >= 15 is 0 Å². The average molecular weight is 152 g/mol. The molecular weight excluding hydrogens is 140 g/mol. The van der Waals surface area contributed by atoms with Gasteiger partial charge in [-0.05, 0) is 13.3 Å². The third-order valence-corrected chi connectivity index (χ3v) is 1.90. The van der Waals surface area contributed by atoms with Crippen LogP contribution in [0.2, 0.25) is 0 Å². The molecule has 1 aliphatic carbocycles. The zero-order chi connectivity index (χ0) is 8.43. The lowest BCUT2D eigenvalue weighted by Crippen LogP contribution is -2.05. The van der Waals surface area contributed by atoms with Crippen LogP contribution in [0.25, 0.3) is 0 Å².